The minimum atomic E-state index is -0.813. The molecule has 6 nitrogen and oxygen atoms in total. The Kier molecular flexibility index (Phi) is 5.33. The number of amides is 2. The van der Waals surface area contributed by atoms with Crippen LogP contribution < -0.4 is 10.6 Å². The van der Waals surface area contributed by atoms with Gasteiger partial charge in [-0.15, -0.1) is 0 Å². The number of aliphatic hydroxyl groups is 1. The van der Waals surface area contributed by atoms with Crippen LogP contribution in [0.2, 0.25) is 0 Å². The Bertz CT molecular complexity index is 712. The van der Waals surface area contributed by atoms with Crippen molar-refractivity contribution < 1.29 is 14.3 Å². The number of hydrogen-bond acceptors (Lipinski definition) is 3. The molecule has 7 heteroatoms. The van der Waals surface area contributed by atoms with Crippen LogP contribution in [0.15, 0.2) is 36.7 Å². The van der Waals surface area contributed by atoms with Gasteiger partial charge >= 0.3 is 6.03 Å². The highest BCUT2D eigenvalue weighted by molar-refractivity contribution is 5.74. The molecule has 25 heavy (non-hydrogen) atoms. The van der Waals surface area contributed by atoms with E-state index in [0.29, 0.717) is 11.5 Å². The number of nitrogens with zero attached hydrogens (tertiary/aromatic N) is 2. The molecule has 2 aromatic rings. The third-order valence-corrected chi connectivity index (χ3v) is 4.70. The lowest BCUT2D eigenvalue weighted by Gasteiger charge is -2.34. The van der Waals surface area contributed by atoms with Crippen molar-refractivity contribution in [1.82, 2.24) is 20.4 Å². The van der Waals surface area contributed by atoms with Gasteiger partial charge in [0, 0.05) is 25.4 Å². The van der Waals surface area contributed by atoms with E-state index in [2.05, 4.69) is 15.7 Å². The summed E-state index contributed by atoms with van der Waals surface area (Å²) in [6.07, 6.45) is 5.69. The zero-order chi connectivity index (χ0) is 17.8. The fourth-order valence-corrected chi connectivity index (χ4v) is 3.03. The molecule has 1 heterocycles. The number of nitrogens with one attached hydrogen (secondary N) is 2. The molecule has 1 aromatic heterocycles. The van der Waals surface area contributed by atoms with Crippen molar-refractivity contribution in [3.8, 4) is 0 Å². The maximum Gasteiger partial charge on any atom is 0.315 e. The number of hydrogen-bond donors (Lipinski definition) is 3. The lowest BCUT2D eigenvalue weighted by Crippen LogP contribution is -2.43. The summed E-state index contributed by atoms with van der Waals surface area (Å²) < 4.78 is 14.7. The van der Waals surface area contributed by atoms with Crippen LogP contribution in [0.3, 0.4) is 0 Å². The first-order valence-corrected chi connectivity index (χ1v) is 8.49. The summed E-state index contributed by atoms with van der Waals surface area (Å²) in [5, 5.41) is 19.7. The van der Waals surface area contributed by atoms with E-state index >= 15 is 0 Å². The summed E-state index contributed by atoms with van der Waals surface area (Å²) in [5.74, 6) is 0.0691. The second-order valence-corrected chi connectivity index (χ2v) is 6.54. The van der Waals surface area contributed by atoms with Gasteiger partial charge in [0.2, 0.25) is 0 Å². The number of rotatable bonds is 6. The van der Waals surface area contributed by atoms with E-state index in [1.54, 1.807) is 36.3 Å². The fourth-order valence-electron chi connectivity index (χ4n) is 3.03. The van der Waals surface area contributed by atoms with Crippen LogP contribution in [-0.4, -0.2) is 27.5 Å². The number of carbonyl (C=O) groups is 1. The van der Waals surface area contributed by atoms with Crippen molar-refractivity contribution in [2.45, 2.75) is 31.4 Å². The Morgan fingerprint density at radius 3 is 2.64 bits per heavy atom. The van der Waals surface area contributed by atoms with E-state index in [4.69, 9.17) is 0 Å². The minimum Gasteiger partial charge on any atom is -0.386 e. The second-order valence-electron chi connectivity index (χ2n) is 6.54. The van der Waals surface area contributed by atoms with Gasteiger partial charge in [0.25, 0.3) is 0 Å². The Hall–Kier alpha value is -2.41. The van der Waals surface area contributed by atoms with Gasteiger partial charge in [-0.3, -0.25) is 4.68 Å². The summed E-state index contributed by atoms with van der Waals surface area (Å²) in [4.78, 5) is 12.3. The number of carbonyl (C=O) groups excluding carboxylic acids is 1. The van der Waals surface area contributed by atoms with Gasteiger partial charge in [0.05, 0.1) is 18.3 Å². The topological polar surface area (TPSA) is 79.2 Å². The SMILES string of the molecule is Cn1cc(C(O)CNC(=O)NC(c2ccc(F)cc2)C2CCC2)cn1. The zero-order valence-electron chi connectivity index (χ0n) is 14.2. The van der Waals surface area contributed by atoms with E-state index in [0.717, 1.165) is 24.8 Å². The Morgan fingerprint density at radius 2 is 2.08 bits per heavy atom. The van der Waals surface area contributed by atoms with Gasteiger partial charge in [-0.05, 0) is 36.5 Å². The van der Waals surface area contributed by atoms with Crippen molar-refractivity contribution in [3.63, 3.8) is 0 Å². The van der Waals surface area contributed by atoms with Crippen molar-refractivity contribution >= 4 is 6.03 Å². The van der Waals surface area contributed by atoms with E-state index in [1.807, 2.05) is 0 Å². The molecule has 2 atom stereocenters. The van der Waals surface area contributed by atoms with Crippen molar-refractivity contribution in [3.05, 3.63) is 53.6 Å². The summed E-state index contributed by atoms with van der Waals surface area (Å²) >= 11 is 0. The number of urea groups is 1. The van der Waals surface area contributed by atoms with Gasteiger partial charge < -0.3 is 15.7 Å². The molecule has 1 aliphatic rings. The van der Waals surface area contributed by atoms with E-state index < -0.39 is 6.10 Å². The molecule has 1 aromatic carbocycles. The van der Waals surface area contributed by atoms with E-state index in [9.17, 15) is 14.3 Å². The quantitative estimate of drug-likeness (QED) is 0.752. The number of benzene rings is 1. The first-order valence-electron chi connectivity index (χ1n) is 8.49. The maximum absolute atomic E-state index is 13.1. The van der Waals surface area contributed by atoms with Crippen molar-refractivity contribution in [2.75, 3.05) is 6.54 Å². The van der Waals surface area contributed by atoms with Gasteiger partial charge in [-0.2, -0.15) is 5.10 Å². The molecule has 1 fully saturated rings. The third kappa shape index (κ3) is 4.36. The van der Waals surface area contributed by atoms with Gasteiger partial charge in [-0.25, -0.2) is 9.18 Å². The lowest BCUT2D eigenvalue weighted by molar-refractivity contribution is 0.169. The lowest BCUT2D eigenvalue weighted by atomic mass is 9.77. The molecule has 0 spiro atoms. The molecule has 3 rings (SSSR count). The Balaban J connectivity index is 1.57. The molecule has 3 N–H and O–H groups in total. The average Bonchev–Trinajstić information content (AvgIpc) is 2.98. The van der Waals surface area contributed by atoms with Crippen LogP contribution in [0.1, 0.15) is 42.5 Å². The molecular weight excluding hydrogens is 323 g/mol. The summed E-state index contributed by atoms with van der Waals surface area (Å²) in [6, 6.07) is 5.75. The first-order chi connectivity index (χ1) is 12.0. The highest BCUT2D eigenvalue weighted by Gasteiger charge is 2.29. The highest BCUT2D eigenvalue weighted by Crippen LogP contribution is 2.37. The van der Waals surface area contributed by atoms with E-state index in [-0.39, 0.29) is 24.4 Å². The van der Waals surface area contributed by atoms with Gasteiger partial charge in [0.1, 0.15) is 5.82 Å². The van der Waals surface area contributed by atoms with Crippen molar-refractivity contribution in [1.29, 1.82) is 0 Å². The standard InChI is InChI=1S/C18H23FN4O2/c1-23-11-14(9-21-23)16(24)10-20-18(25)22-17(12-3-2-4-12)13-5-7-15(19)8-6-13/h5-9,11-12,16-17,24H,2-4,10H2,1H3,(H2,20,22,25). The van der Waals surface area contributed by atoms with Crippen LogP contribution in [-0.2, 0) is 7.05 Å². The Morgan fingerprint density at radius 1 is 1.36 bits per heavy atom. The van der Waals surface area contributed by atoms with Crippen LogP contribution in [0, 0.1) is 11.7 Å². The molecule has 0 aliphatic heterocycles. The molecule has 134 valence electrons. The predicted molar refractivity (Wildman–Crippen MR) is 91.2 cm³/mol. The highest BCUT2D eigenvalue weighted by atomic mass is 19.1. The molecule has 0 saturated heterocycles. The summed E-state index contributed by atoms with van der Waals surface area (Å²) in [7, 11) is 1.77. The van der Waals surface area contributed by atoms with Gasteiger partial charge in [-0.1, -0.05) is 18.6 Å². The smallest absolute Gasteiger partial charge is 0.315 e. The molecule has 0 radical (unpaired) electrons. The number of aryl methyl sites for hydroxylation is 1. The molecular formula is C18H23FN4O2. The van der Waals surface area contributed by atoms with Crippen molar-refractivity contribution in [2.24, 2.45) is 13.0 Å². The number of aliphatic hydroxyl groups excluding tert-OH is 1. The number of aromatic nitrogens is 2. The minimum absolute atomic E-state index is 0.0956. The monoisotopic (exact) mass is 346 g/mol. The molecule has 1 saturated carbocycles. The second kappa shape index (κ2) is 7.65. The van der Waals surface area contributed by atoms with Crippen LogP contribution in [0.4, 0.5) is 9.18 Å². The van der Waals surface area contributed by atoms with Crippen LogP contribution in [0.25, 0.3) is 0 Å². The van der Waals surface area contributed by atoms with E-state index in [1.165, 1.54) is 12.1 Å². The maximum atomic E-state index is 13.1. The molecule has 1 aliphatic carbocycles. The normalized spacial score (nSPS) is 16.8. The molecule has 0 bridgehead atoms. The number of halogens is 1. The fraction of sp³-hybridized carbons (Fsp3) is 0.444. The largest absolute Gasteiger partial charge is 0.386 e. The van der Waals surface area contributed by atoms with Gasteiger partial charge in [0.15, 0.2) is 0 Å². The molecule has 2 amide bonds. The van der Waals surface area contributed by atoms with Crippen LogP contribution >= 0.6 is 0 Å². The third-order valence-electron chi connectivity index (χ3n) is 4.70. The summed E-state index contributed by atoms with van der Waals surface area (Å²) in [5.41, 5.74) is 1.55. The summed E-state index contributed by atoms with van der Waals surface area (Å²) in [6.45, 7) is 0.0956. The predicted octanol–water partition coefficient (Wildman–Crippen LogP) is 2.43. The van der Waals surface area contributed by atoms with Crippen LogP contribution in [0.5, 0.6) is 0 Å². The average molecular weight is 346 g/mol. The first kappa shape index (κ1) is 17.4. The molecule has 2 unspecified atom stereocenters. The Labute approximate surface area is 146 Å². The zero-order valence-corrected chi connectivity index (χ0v) is 14.2.